The van der Waals surface area contributed by atoms with Crippen molar-refractivity contribution in [2.24, 2.45) is 0 Å². The van der Waals surface area contributed by atoms with Gasteiger partial charge in [0.05, 0.1) is 24.2 Å². The monoisotopic (exact) mass is 183 g/mol. The molecule has 0 bridgehead atoms. The fourth-order valence-corrected chi connectivity index (χ4v) is 1.37. The molecule has 0 saturated carbocycles. The molecule has 1 aromatic heterocycles. The zero-order chi connectivity index (χ0) is 9.80. The number of fused-ring (bicyclic) bond motifs is 1. The molecule has 0 saturated heterocycles. The third-order valence-electron chi connectivity index (χ3n) is 2.03. The Labute approximate surface area is 81.7 Å². The Morgan fingerprint density at radius 3 is 3.29 bits per heavy atom. The fraction of sp³-hybridized carbons (Fsp3) is 0.0909. The number of aromatic amines is 1. The standard InChI is InChI=1S/C11H9N3/c12-7-2-1-4-9-5-3-6-11-10(9)8-13-14-11/h1,3-6,8H,2H2,(H,13,14). The molecule has 0 aliphatic rings. The van der Waals surface area contributed by atoms with E-state index in [2.05, 4.69) is 16.3 Å². The van der Waals surface area contributed by atoms with E-state index in [0.29, 0.717) is 6.42 Å². The van der Waals surface area contributed by atoms with E-state index in [1.807, 2.05) is 30.4 Å². The molecule has 1 heterocycles. The van der Waals surface area contributed by atoms with Gasteiger partial charge in [0.15, 0.2) is 0 Å². The SMILES string of the molecule is N#CCC=Cc1cccc2[nH]ncc12. The number of nitrogens with zero attached hydrogens (tertiary/aromatic N) is 2. The summed E-state index contributed by atoms with van der Waals surface area (Å²) in [5.41, 5.74) is 2.11. The molecular formula is C11H9N3. The molecule has 68 valence electrons. The van der Waals surface area contributed by atoms with Crippen molar-refractivity contribution in [3.63, 3.8) is 0 Å². The Bertz CT molecular complexity index is 502. The highest BCUT2D eigenvalue weighted by molar-refractivity contribution is 5.87. The van der Waals surface area contributed by atoms with Gasteiger partial charge < -0.3 is 0 Å². The summed E-state index contributed by atoms with van der Waals surface area (Å²) in [4.78, 5) is 0. The van der Waals surface area contributed by atoms with Crippen LogP contribution in [0.2, 0.25) is 0 Å². The highest BCUT2D eigenvalue weighted by Gasteiger charge is 1.97. The molecule has 14 heavy (non-hydrogen) atoms. The Kier molecular flexibility index (Phi) is 2.28. The minimum Gasteiger partial charge on any atom is -0.278 e. The summed E-state index contributed by atoms with van der Waals surface area (Å²) in [5.74, 6) is 0. The van der Waals surface area contributed by atoms with Crippen LogP contribution < -0.4 is 0 Å². The number of H-pyrrole nitrogens is 1. The maximum absolute atomic E-state index is 8.40. The van der Waals surface area contributed by atoms with Crippen molar-refractivity contribution in [1.82, 2.24) is 10.2 Å². The van der Waals surface area contributed by atoms with Gasteiger partial charge in [-0.25, -0.2) is 0 Å². The fourth-order valence-electron chi connectivity index (χ4n) is 1.37. The first kappa shape index (κ1) is 8.52. The first-order chi connectivity index (χ1) is 6.92. The minimum absolute atomic E-state index is 0.439. The first-order valence-electron chi connectivity index (χ1n) is 4.37. The van der Waals surface area contributed by atoms with Gasteiger partial charge in [0, 0.05) is 5.39 Å². The highest BCUT2D eigenvalue weighted by Crippen LogP contribution is 2.17. The van der Waals surface area contributed by atoms with E-state index >= 15 is 0 Å². The molecule has 3 nitrogen and oxygen atoms in total. The van der Waals surface area contributed by atoms with E-state index in [-0.39, 0.29) is 0 Å². The van der Waals surface area contributed by atoms with Crippen molar-refractivity contribution in [3.05, 3.63) is 36.0 Å². The van der Waals surface area contributed by atoms with Crippen LogP contribution in [0.25, 0.3) is 17.0 Å². The Morgan fingerprint density at radius 1 is 1.50 bits per heavy atom. The first-order valence-corrected chi connectivity index (χ1v) is 4.37. The third kappa shape index (κ3) is 1.50. The molecule has 0 aliphatic carbocycles. The predicted octanol–water partition coefficient (Wildman–Crippen LogP) is 2.49. The minimum atomic E-state index is 0.439. The van der Waals surface area contributed by atoms with Crippen molar-refractivity contribution in [2.45, 2.75) is 6.42 Å². The molecule has 0 aliphatic heterocycles. The third-order valence-corrected chi connectivity index (χ3v) is 2.03. The quantitative estimate of drug-likeness (QED) is 0.777. The number of aromatic nitrogens is 2. The van der Waals surface area contributed by atoms with Crippen LogP contribution in [0.4, 0.5) is 0 Å². The van der Waals surface area contributed by atoms with E-state index in [1.165, 1.54) is 0 Å². The lowest BCUT2D eigenvalue weighted by Gasteiger charge is -1.93. The van der Waals surface area contributed by atoms with Crippen LogP contribution in [-0.4, -0.2) is 10.2 Å². The summed E-state index contributed by atoms with van der Waals surface area (Å²) in [6, 6.07) is 8.02. The molecule has 0 radical (unpaired) electrons. The van der Waals surface area contributed by atoms with E-state index in [9.17, 15) is 0 Å². The normalized spacial score (nSPS) is 10.8. The number of nitriles is 1. The molecule has 0 atom stereocenters. The zero-order valence-corrected chi connectivity index (χ0v) is 7.57. The Balaban J connectivity index is 2.42. The van der Waals surface area contributed by atoms with E-state index in [1.54, 1.807) is 6.20 Å². The Hall–Kier alpha value is -2.08. The summed E-state index contributed by atoms with van der Waals surface area (Å²) in [6.45, 7) is 0. The van der Waals surface area contributed by atoms with Crippen LogP contribution in [0, 0.1) is 11.3 Å². The molecule has 0 amide bonds. The molecular weight excluding hydrogens is 174 g/mol. The van der Waals surface area contributed by atoms with Gasteiger partial charge in [-0.05, 0) is 11.6 Å². The Morgan fingerprint density at radius 2 is 2.43 bits per heavy atom. The van der Waals surface area contributed by atoms with E-state index in [4.69, 9.17) is 5.26 Å². The van der Waals surface area contributed by atoms with Crippen LogP contribution >= 0.6 is 0 Å². The van der Waals surface area contributed by atoms with Gasteiger partial charge in [-0.3, -0.25) is 5.10 Å². The number of benzene rings is 1. The predicted molar refractivity (Wildman–Crippen MR) is 55.4 cm³/mol. The second-order valence-corrected chi connectivity index (χ2v) is 2.94. The van der Waals surface area contributed by atoms with Crippen molar-refractivity contribution in [3.8, 4) is 6.07 Å². The molecule has 1 aromatic carbocycles. The second-order valence-electron chi connectivity index (χ2n) is 2.94. The number of hydrogen-bond acceptors (Lipinski definition) is 2. The second kappa shape index (κ2) is 3.75. The zero-order valence-electron chi connectivity index (χ0n) is 7.57. The van der Waals surface area contributed by atoms with Gasteiger partial charge >= 0.3 is 0 Å². The van der Waals surface area contributed by atoms with Crippen LogP contribution in [0.15, 0.2) is 30.5 Å². The van der Waals surface area contributed by atoms with Crippen LogP contribution in [-0.2, 0) is 0 Å². The van der Waals surface area contributed by atoms with Crippen molar-refractivity contribution in [2.75, 3.05) is 0 Å². The summed E-state index contributed by atoms with van der Waals surface area (Å²) < 4.78 is 0. The summed E-state index contributed by atoms with van der Waals surface area (Å²) in [5, 5.41) is 16.4. The molecule has 0 unspecified atom stereocenters. The van der Waals surface area contributed by atoms with Gasteiger partial charge in [-0.15, -0.1) is 0 Å². The van der Waals surface area contributed by atoms with Crippen LogP contribution in [0.3, 0.4) is 0 Å². The van der Waals surface area contributed by atoms with Gasteiger partial charge in [0.2, 0.25) is 0 Å². The summed E-state index contributed by atoms with van der Waals surface area (Å²) in [6.07, 6.45) is 6.03. The number of hydrogen-bond donors (Lipinski definition) is 1. The van der Waals surface area contributed by atoms with Gasteiger partial charge in [0.1, 0.15) is 0 Å². The number of nitrogens with one attached hydrogen (secondary N) is 1. The number of allylic oxidation sites excluding steroid dienone is 1. The van der Waals surface area contributed by atoms with Crippen molar-refractivity contribution in [1.29, 1.82) is 5.26 Å². The van der Waals surface area contributed by atoms with Crippen molar-refractivity contribution >= 4 is 17.0 Å². The summed E-state index contributed by atoms with van der Waals surface area (Å²) in [7, 11) is 0. The van der Waals surface area contributed by atoms with Crippen molar-refractivity contribution < 1.29 is 0 Å². The van der Waals surface area contributed by atoms with Gasteiger partial charge in [-0.2, -0.15) is 10.4 Å². The number of rotatable bonds is 2. The molecule has 0 spiro atoms. The maximum atomic E-state index is 8.40. The van der Waals surface area contributed by atoms with Crippen LogP contribution in [0.1, 0.15) is 12.0 Å². The maximum Gasteiger partial charge on any atom is 0.0663 e. The molecule has 2 aromatic rings. The average Bonchev–Trinajstić information content (AvgIpc) is 2.67. The summed E-state index contributed by atoms with van der Waals surface area (Å²) >= 11 is 0. The molecule has 2 rings (SSSR count). The highest BCUT2D eigenvalue weighted by atomic mass is 15.1. The van der Waals surface area contributed by atoms with Gasteiger partial charge in [0.25, 0.3) is 0 Å². The lowest BCUT2D eigenvalue weighted by atomic mass is 10.1. The van der Waals surface area contributed by atoms with Crippen LogP contribution in [0.5, 0.6) is 0 Å². The molecule has 1 N–H and O–H groups in total. The average molecular weight is 183 g/mol. The lowest BCUT2D eigenvalue weighted by Crippen LogP contribution is -1.73. The van der Waals surface area contributed by atoms with E-state index in [0.717, 1.165) is 16.5 Å². The van der Waals surface area contributed by atoms with E-state index < -0.39 is 0 Å². The topological polar surface area (TPSA) is 52.5 Å². The largest absolute Gasteiger partial charge is 0.278 e. The smallest absolute Gasteiger partial charge is 0.0663 e. The molecule has 0 fully saturated rings. The lowest BCUT2D eigenvalue weighted by molar-refractivity contribution is 1.12. The molecule has 3 heteroatoms. The van der Waals surface area contributed by atoms with Gasteiger partial charge in [-0.1, -0.05) is 24.3 Å².